The molecule has 0 bridgehead atoms. The summed E-state index contributed by atoms with van der Waals surface area (Å²) in [4.78, 5) is 38.1. The molecule has 0 heterocycles. The molecule has 0 N–H and O–H groups in total. The number of unbranched alkanes of at least 4 members (excludes halogenated alkanes) is 13. The Hall–Kier alpha value is -4.71. The smallest absolute Gasteiger partial charge is 0.306 e. The Labute approximate surface area is 429 Å². The van der Waals surface area contributed by atoms with E-state index in [9.17, 15) is 14.4 Å². The van der Waals surface area contributed by atoms with Crippen molar-refractivity contribution in [3.05, 3.63) is 146 Å². The summed E-state index contributed by atoms with van der Waals surface area (Å²) in [5.41, 5.74) is 0. The molecule has 0 aromatic heterocycles. The summed E-state index contributed by atoms with van der Waals surface area (Å²) in [5, 5.41) is 0. The molecule has 0 spiro atoms. The van der Waals surface area contributed by atoms with Crippen LogP contribution in [0, 0.1) is 0 Å². The van der Waals surface area contributed by atoms with E-state index in [0.29, 0.717) is 19.3 Å². The number of carbonyl (C=O) groups excluding carboxylic acids is 3. The minimum Gasteiger partial charge on any atom is -0.462 e. The molecule has 0 radical (unpaired) electrons. The summed E-state index contributed by atoms with van der Waals surface area (Å²) in [7, 11) is 0. The van der Waals surface area contributed by atoms with Gasteiger partial charge in [-0.25, -0.2) is 0 Å². The normalized spacial score (nSPS) is 13.2. The van der Waals surface area contributed by atoms with Crippen molar-refractivity contribution >= 4 is 17.9 Å². The largest absolute Gasteiger partial charge is 0.462 e. The van der Waals surface area contributed by atoms with E-state index < -0.39 is 6.10 Å². The molecule has 0 aliphatic carbocycles. The lowest BCUT2D eigenvalue weighted by Gasteiger charge is -2.18. The maximum Gasteiger partial charge on any atom is 0.306 e. The number of carbonyl (C=O) groups is 3. The van der Waals surface area contributed by atoms with Crippen molar-refractivity contribution in [1.29, 1.82) is 0 Å². The minimum absolute atomic E-state index is 0.125. The average Bonchev–Trinajstić information content (AvgIpc) is 3.36. The molecule has 70 heavy (non-hydrogen) atoms. The summed E-state index contributed by atoms with van der Waals surface area (Å²) in [6.07, 6.45) is 81.3. The standard InChI is InChI=1S/C64H100O6/c1-4-7-10-13-16-19-22-25-28-30-32-34-36-39-42-45-48-51-54-57-63(66)69-60-61(59-68-62(65)56-53-50-47-44-41-38-27-24-21-18-15-12-9-6-3)70-64(67)58-55-52-49-46-43-40-37-35-33-31-29-26-23-20-17-14-11-8-5-2/h7-8,10-11,16-17,19-20,24-29,32-35,39-40,42-43,48,51,61H,4-6,9,12-15,18,21-23,30-31,36-38,41,44-47,49-50,52-60H2,1-3H3/b10-7-,11-8-,19-16-,20-17-,27-24-,28-25-,29-26-,34-32-,35-33-,42-39-,43-40-,51-48-/t61-/m1/s1. The van der Waals surface area contributed by atoms with Gasteiger partial charge in [-0.1, -0.05) is 218 Å². The lowest BCUT2D eigenvalue weighted by atomic mass is 10.1. The van der Waals surface area contributed by atoms with Crippen LogP contribution in [0.25, 0.3) is 0 Å². The van der Waals surface area contributed by atoms with Crippen molar-refractivity contribution in [3.8, 4) is 0 Å². The molecule has 1 atom stereocenters. The topological polar surface area (TPSA) is 78.9 Å². The van der Waals surface area contributed by atoms with Gasteiger partial charge in [0.2, 0.25) is 0 Å². The fourth-order valence-corrected chi connectivity index (χ4v) is 6.96. The van der Waals surface area contributed by atoms with Crippen LogP contribution in [-0.2, 0) is 28.6 Å². The van der Waals surface area contributed by atoms with Crippen LogP contribution in [0.4, 0.5) is 0 Å². The van der Waals surface area contributed by atoms with Crippen LogP contribution in [0.5, 0.6) is 0 Å². The number of rotatable bonds is 48. The van der Waals surface area contributed by atoms with E-state index in [0.717, 1.165) is 122 Å². The van der Waals surface area contributed by atoms with Crippen LogP contribution in [-0.4, -0.2) is 37.2 Å². The Kier molecular flexibility index (Phi) is 53.0. The molecule has 0 unspecified atom stereocenters. The van der Waals surface area contributed by atoms with Gasteiger partial charge in [0.1, 0.15) is 13.2 Å². The first-order valence-electron chi connectivity index (χ1n) is 27.8. The monoisotopic (exact) mass is 965 g/mol. The summed E-state index contributed by atoms with van der Waals surface area (Å²) >= 11 is 0. The second-order valence-electron chi connectivity index (χ2n) is 17.7. The van der Waals surface area contributed by atoms with Gasteiger partial charge in [0.05, 0.1) is 0 Å². The van der Waals surface area contributed by atoms with Crippen LogP contribution in [0.1, 0.15) is 220 Å². The Morgan fingerprint density at radius 2 is 0.586 bits per heavy atom. The molecule has 392 valence electrons. The van der Waals surface area contributed by atoms with E-state index in [1.165, 1.54) is 44.9 Å². The predicted molar refractivity (Wildman–Crippen MR) is 302 cm³/mol. The summed E-state index contributed by atoms with van der Waals surface area (Å²) in [5.74, 6) is -1.06. The molecule has 0 aliphatic heterocycles. The first-order valence-corrected chi connectivity index (χ1v) is 27.8. The third-order valence-electron chi connectivity index (χ3n) is 11.1. The minimum atomic E-state index is -0.836. The predicted octanol–water partition coefficient (Wildman–Crippen LogP) is 18.8. The molecule has 0 amide bonds. The van der Waals surface area contributed by atoms with Gasteiger partial charge in [0.15, 0.2) is 6.10 Å². The van der Waals surface area contributed by atoms with Crippen LogP contribution < -0.4 is 0 Å². The molecule has 0 aromatic rings. The van der Waals surface area contributed by atoms with Gasteiger partial charge in [-0.3, -0.25) is 14.4 Å². The van der Waals surface area contributed by atoms with Gasteiger partial charge >= 0.3 is 17.9 Å². The zero-order valence-corrected chi connectivity index (χ0v) is 44.7. The first-order chi connectivity index (χ1) is 34.5. The molecule has 0 aromatic carbocycles. The molecular weight excluding hydrogens is 865 g/mol. The van der Waals surface area contributed by atoms with Gasteiger partial charge in [0.25, 0.3) is 0 Å². The summed E-state index contributed by atoms with van der Waals surface area (Å²) in [6, 6.07) is 0. The van der Waals surface area contributed by atoms with Gasteiger partial charge in [-0.2, -0.15) is 0 Å². The van der Waals surface area contributed by atoms with E-state index in [4.69, 9.17) is 14.2 Å². The van der Waals surface area contributed by atoms with Crippen molar-refractivity contribution in [3.63, 3.8) is 0 Å². The second kappa shape index (κ2) is 56.9. The zero-order valence-electron chi connectivity index (χ0n) is 44.7. The Morgan fingerprint density at radius 3 is 0.986 bits per heavy atom. The van der Waals surface area contributed by atoms with E-state index in [1.807, 2.05) is 12.2 Å². The highest BCUT2D eigenvalue weighted by atomic mass is 16.6. The van der Waals surface area contributed by atoms with Crippen molar-refractivity contribution in [2.75, 3.05) is 13.2 Å². The van der Waals surface area contributed by atoms with E-state index in [1.54, 1.807) is 0 Å². The van der Waals surface area contributed by atoms with E-state index >= 15 is 0 Å². The Morgan fingerprint density at radius 1 is 0.300 bits per heavy atom. The highest BCUT2D eigenvalue weighted by molar-refractivity contribution is 5.71. The maximum absolute atomic E-state index is 12.8. The van der Waals surface area contributed by atoms with Gasteiger partial charge in [0, 0.05) is 19.3 Å². The number of ether oxygens (including phenoxy) is 3. The second-order valence-corrected chi connectivity index (χ2v) is 17.7. The molecule has 0 rings (SSSR count). The SMILES string of the molecule is CC/C=C\C/C=C\C/C=C\C/C=C\C/C=C\C/C=C\CCC(=O)OC[C@@H](COC(=O)CCCCCCC/C=C\CCCCCCC)OC(=O)CCCCC/C=C\C/C=C\C/C=C\C/C=C\C/C=C\CC. The molecule has 0 aliphatic rings. The highest BCUT2D eigenvalue weighted by Gasteiger charge is 2.19. The van der Waals surface area contributed by atoms with Gasteiger partial charge in [-0.05, 0) is 128 Å². The fraction of sp³-hybridized carbons (Fsp3) is 0.578. The lowest BCUT2D eigenvalue weighted by molar-refractivity contribution is -0.166. The quantitative estimate of drug-likeness (QED) is 0.0262. The maximum atomic E-state index is 12.8. The van der Waals surface area contributed by atoms with Crippen molar-refractivity contribution in [1.82, 2.24) is 0 Å². The van der Waals surface area contributed by atoms with E-state index in [2.05, 4.69) is 154 Å². The zero-order chi connectivity index (χ0) is 50.7. The van der Waals surface area contributed by atoms with Crippen LogP contribution in [0.3, 0.4) is 0 Å². The molecule has 0 saturated heterocycles. The van der Waals surface area contributed by atoms with Crippen LogP contribution in [0.2, 0.25) is 0 Å². The number of esters is 3. The molecule has 0 saturated carbocycles. The first kappa shape index (κ1) is 65.3. The molecule has 6 heteroatoms. The number of hydrogen-bond donors (Lipinski definition) is 0. The van der Waals surface area contributed by atoms with Crippen molar-refractivity contribution < 1.29 is 28.6 Å². The third kappa shape index (κ3) is 54.2. The molecule has 6 nitrogen and oxygen atoms in total. The number of hydrogen-bond acceptors (Lipinski definition) is 6. The number of allylic oxidation sites excluding steroid dienone is 24. The third-order valence-corrected chi connectivity index (χ3v) is 11.1. The van der Waals surface area contributed by atoms with Gasteiger partial charge in [-0.15, -0.1) is 0 Å². The Bertz CT molecular complexity index is 1580. The van der Waals surface area contributed by atoms with E-state index in [-0.39, 0.29) is 44.0 Å². The molecular formula is C64H100O6. The van der Waals surface area contributed by atoms with Crippen LogP contribution >= 0.6 is 0 Å². The highest BCUT2D eigenvalue weighted by Crippen LogP contribution is 2.12. The molecule has 0 fully saturated rings. The van der Waals surface area contributed by atoms with Gasteiger partial charge < -0.3 is 14.2 Å². The Balaban J connectivity index is 4.61. The summed E-state index contributed by atoms with van der Waals surface area (Å²) in [6.45, 7) is 6.28. The summed E-state index contributed by atoms with van der Waals surface area (Å²) < 4.78 is 16.7. The fourth-order valence-electron chi connectivity index (χ4n) is 6.96. The van der Waals surface area contributed by atoms with Crippen LogP contribution in [0.15, 0.2) is 146 Å². The lowest BCUT2D eigenvalue weighted by Crippen LogP contribution is -2.30. The van der Waals surface area contributed by atoms with Crippen molar-refractivity contribution in [2.24, 2.45) is 0 Å². The van der Waals surface area contributed by atoms with Crippen molar-refractivity contribution in [2.45, 2.75) is 226 Å². The average molecular weight is 965 g/mol.